The Morgan fingerprint density at radius 1 is 1.07 bits per heavy atom. The monoisotopic (exact) mass is 443 g/mol. The molecule has 8 heteroatoms. The Hall–Kier alpha value is -3.03. The van der Waals surface area contributed by atoms with E-state index in [4.69, 9.17) is 16.3 Å². The first-order valence-corrected chi connectivity index (χ1v) is 10.9. The number of methoxy groups -OCH3 is 1. The fraction of sp³-hybridized carbons (Fsp3) is 0.136. The van der Waals surface area contributed by atoms with Gasteiger partial charge in [0.05, 0.1) is 28.8 Å². The van der Waals surface area contributed by atoms with Crippen molar-refractivity contribution >= 4 is 33.2 Å². The van der Waals surface area contributed by atoms with E-state index in [0.717, 1.165) is 5.56 Å². The van der Waals surface area contributed by atoms with Gasteiger partial charge in [0.15, 0.2) is 0 Å². The zero-order chi connectivity index (χ0) is 21.7. The molecule has 6 nitrogen and oxygen atoms in total. The fourth-order valence-corrected chi connectivity index (χ4v) is 4.26. The Kier molecular flexibility index (Phi) is 6.64. The van der Waals surface area contributed by atoms with Crippen LogP contribution in [-0.2, 0) is 10.0 Å². The topological polar surface area (TPSA) is 90.8 Å². The van der Waals surface area contributed by atoms with Crippen LogP contribution >= 0.6 is 11.6 Å². The Morgan fingerprint density at radius 2 is 1.73 bits per heavy atom. The Morgan fingerprint density at radius 3 is 2.40 bits per heavy atom. The van der Waals surface area contributed by atoms with Gasteiger partial charge in [0.25, 0.3) is 10.0 Å². The predicted molar refractivity (Wildman–Crippen MR) is 117 cm³/mol. The summed E-state index contributed by atoms with van der Waals surface area (Å²) < 4.78 is 33.1. The summed E-state index contributed by atoms with van der Waals surface area (Å²) in [6.07, 6.45) is 0. The van der Waals surface area contributed by atoms with Crippen molar-refractivity contribution < 1.29 is 18.3 Å². The van der Waals surface area contributed by atoms with Crippen LogP contribution in [0.1, 0.15) is 24.1 Å². The first-order chi connectivity index (χ1) is 14.3. The standard InChI is InChI=1S/C22H21ClN2O4S/c1-15(16-8-4-3-5-9-16)24-22(26)18-10-6-7-11-20(18)25-30(27,28)17-12-13-21(29-2)19(23)14-17/h3-15,25H,1-2H3,(H,24,26)/p-1/t15-/m0/s1. The number of sulfonamides is 1. The summed E-state index contributed by atoms with van der Waals surface area (Å²) >= 11 is 6.05. The quantitative estimate of drug-likeness (QED) is 0.441. The normalized spacial score (nSPS) is 13.0. The molecule has 0 aliphatic carbocycles. The van der Waals surface area contributed by atoms with E-state index in [-0.39, 0.29) is 27.2 Å². The van der Waals surface area contributed by atoms with Crippen LogP contribution < -0.4 is 14.6 Å². The third kappa shape index (κ3) is 4.93. The largest absolute Gasteiger partial charge is 0.858 e. The van der Waals surface area contributed by atoms with E-state index >= 15 is 0 Å². The van der Waals surface area contributed by atoms with Gasteiger partial charge in [-0.1, -0.05) is 60.1 Å². The highest BCUT2D eigenvalue weighted by molar-refractivity contribution is 7.92. The summed E-state index contributed by atoms with van der Waals surface area (Å²) in [6, 6.07) is 19.5. The third-order valence-corrected chi connectivity index (χ3v) is 6.09. The molecule has 0 bridgehead atoms. The summed E-state index contributed by atoms with van der Waals surface area (Å²) in [4.78, 5) is 4.16. The van der Waals surface area contributed by atoms with Gasteiger partial charge in [0, 0.05) is 5.56 Å². The molecule has 1 atom stereocenters. The van der Waals surface area contributed by atoms with Crippen LogP contribution in [-0.4, -0.2) is 21.4 Å². The Labute approximate surface area is 180 Å². The number of benzene rings is 3. The number of anilines is 1. The van der Waals surface area contributed by atoms with Gasteiger partial charge in [0.1, 0.15) is 5.75 Å². The number of ether oxygens (including phenoxy) is 1. The van der Waals surface area contributed by atoms with Crippen molar-refractivity contribution in [3.63, 3.8) is 0 Å². The van der Waals surface area contributed by atoms with Crippen LogP contribution in [0, 0.1) is 0 Å². The second-order valence-corrected chi connectivity index (χ2v) is 8.56. The predicted octanol–water partition coefficient (Wildman–Crippen LogP) is 4.02. The number of para-hydroxylation sites is 1. The molecule has 0 fully saturated rings. The fourth-order valence-electron chi connectivity index (χ4n) is 2.83. The lowest BCUT2D eigenvalue weighted by Crippen LogP contribution is -2.23. The minimum Gasteiger partial charge on any atom is -0.858 e. The summed E-state index contributed by atoms with van der Waals surface area (Å²) in [5.74, 6) is -0.155. The lowest BCUT2D eigenvalue weighted by Gasteiger charge is -2.19. The van der Waals surface area contributed by atoms with Crippen molar-refractivity contribution in [2.24, 2.45) is 4.99 Å². The molecule has 0 spiro atoms. The maximum absolute atomic E-state index is 12.8. The first kappa shape index (κ1) is 21.7. The van der Waals surface area contributed by atoms with Crippen molar-refractivity contribution in [1.82, 2.24) is 0 Å². The van der Waals surface area contributed by atoms with Gasteiger partial charge in [-0.15, -0.1) is 0 Å². The molecule has 0 radical (unpaired) electrons. The highest BCUT2D eigenvalue weighted by atomic mass is 35.5. The highest BCUT2D eigenvalue weighted by Crippen LogP contribution is 2.28. The number of nitrogens with zero attached hydrogens (tertiary/aromatic N) is 1. The minimum atomic E-state index is -3.98. The van der Waals surface area contributed by atoms with E-state index in [1.807, 2.05) is 30.3 Å². The van der Waals surface area contributed by atoms with Gasteiger partial charge in [-0.25, -0.2) is 8.42 Å². The number of hydrogen-bond acceptors (Lipinski definition) is 5. The zero-order valence-electron chi connectivity index (χ0n) is 16.4. The highest BCUT2D eigenvalue weighted by Gasteiger charge is 2.18. The molecule has 30 heavy (non-hydrogen) atoms. The number of nitrogens with one attached hydrogen (secondary N) is 1. The lowest BCUT2D eigenvalue weighted by molar-refractivity contribution is -0.213. The molecule has 0 amide bonds. The smallest absolute Gasteiger partial charge is 0.261 e. The number of aliphatic imine (C=N–C) groups is 1. The van der Waals surface area contributed by atoms with E-state index < -0.39 is 15.9 Å². The molecule has 3 aromatic carbocycles. The van der Waals surface area contributed by atoms with Gasteiger partial charge in [0.2, 0.25) is 0 Å². The van der Waals surface area contributed by atoms with E-state index in [1.165, 1.54) is 37.4 Å². The van der Waals surface area contributed by atoms with Gasteiger partial charge >= 0.3 is 0 Å². The Balaban J connectivity index is 1.91. The summed E-state index contributed by atoms with van der Waals surface area (Å²) in [7, 11) is -2.54. The molecule has 1 N–H and O–H groups in total. The number of rotatable bonds is 7. The molecule has 3 aromatic rings. The van der Waals surface area contributed by atoms with E-state index in [0.29, 0.717) is 5.75 Å². The van der Waals surface area contributed by atoms with Crippen molar-refractivity contribution in [2.75, 3.05) is 11.8 Å². The summed E-state index contributed by atoms with van der Waals surface area (Å²) in [5.41, 5.74) is 1.18. The average molecular weight is 444 g/mol. The molecule has 0 heterocycles. The molecule has 0 saturated carbocycles. The van der Waals surface area contributed by atoms with Crippen LogP contribution in [0.2, 0.25) is 5.02 Å². The number of halogens is 1. The molecule has 0 unspecified atom stereocenters. The molecule has 0 saturated heterocycles. The molecule has 0 aromatic heterocycles. The summed E-state index contributed by atoms with van der Waals surface area (Å²) in [6.45, 7) is 1.80. The average Bonchev–Trinajstić information content (AvgIpc) is 2.74. The zero-order valence-corrected chi connectivity index (χ0v) is 17.9. The molecule has 156 valence electrons. The van der Waals surface area contributed by atoms with E-state index in [9.17, 15) is 13.5 Å². The van der Waals surface area contributed by atoms with Crippen molar-refractivity contribution in [2.45, 2.75) is 17.9 Å². The van der Waals surface area contributed by atoms with E-state index in [2.05, 4.69) is 9.71 Å². The number of hydrogen-bond donors (Lipinski definition) is 1. The molecule has 0 aliphatic heterocycles. The molecule has 3 rings (SSSR count). The molecule has 0 aliphatic rings. The van der Waals surface area contributed by atoms with Crippen LogP contribution in [0.15, 0.2) is 82.7 Å². The van der Waals surface area contributed by atoms with Crippen molar-refractivity contribution in [3.05, 3.63) is 88.9 Å². The summed E-state index contributed by atoms with van der Waals surface area (Å²) in [5, 5.41) is 12.9. The van der Waals surface area contributed by atoms with Crippen molar-refractivity contribution in [3.8, 4) is 5.75 Å². The molecular weight excluding hydrogens is 424 g/mol. The molecular formula is C22H20ClN2O4S-. The Bertz CT molecular complexity index is 1160. The lowest BCUT2D eigenvalue weighted by atomic mass is 10.1. The second kappa shape index (κ2) is 9.19. The first-order valence-electron chi connectivity index (χ1n) is 9.07. The maximum atomic E-state index is 12.8. The maximum Gasteiger partial charge on any atom is 0.261 e. The second-order valence-electron chi connectivity index (χ2n) is 6.47. The minimum absolute atomic E-state index is 0.0508. The van der Waals surface area contributed by atoms with Crippen LogP contribution in [0.4, 0.5) is 5.69 Å². The van der Waals surface area contributed by atoms with E-state index in [1.54, 1.807) is 19.1 Å². The van der Waals surface area contributed by atoms with Gasteiger partial charge in [-0.05, 0) is 42.7 Å². The van der Waals surface area contributed by atoms with Crippen molar-refractivity contribution in [1.29, 1.82) is 0 Å². The van der Waals surface area contributed by atoms with Gasteiger partial charge in [-0.2, -0.15) is 0 Å². The van der Waals surface area contributed by atoms with Gasteiger partial charge < -0.3 is 9.84 Å². The van der Waals surface area contributed by atoms with Crippen LogP contribution in [0.5, 0.6) is 5.75 Å². The van der Waals surface area contributed by atoms with Crippen LogP contribution in [0.25, 0.3) is 0 Å². The van der Waals surface area contributed by atoms with Gasteiger partial charge in [-0.3, -0.25) is 9.71 Å². The SMILES string of the molecule is COc1ccc(S(=O)(=O)Nc2ccccc2C([O-])=N[C@@H](C)c2ccccc2)cc1Cl. The van der Waals surface area contributed by atoms with Crippen LogP contribution in [0.3, 0.4) is 0 Å². The third-order valence-electron chi connectivity index (χ3n) is 4.43.